The molecule has 0 saturated carbocycles. The molecule has 0 aliphatic carbocycles. The summed E-state index contributed by atoms with van der Waals surface area (Å²) in [6, 6.07) is 16.7. The van der Waals surface area contributed by atoms with Gasteiger partial charge in [0.25, 0.3) is 0 Å². The van der Waals surface area contributed by atoms with Crippen LogP contribution in [0.15, 0.2) is 48.5 Å². The molecule has 0 aliphatic heterocycles. The van der Waals surface area contributed by atoms with E-state index in [9.17, 15) is 0 Å². The van der Waals surface area contributed by atoms with Crippen molar-refractivity contribution in [1.82, 2.24) is 4.98 Å². The van der Waals surface area contributed by atoms with Crippen molar-refractivity contribution in [3.63, 3.8) is 0 Å². The number of para-hydroxylation sites is 1. The number of nitrogens with zero attached hydrogens (tertiary/aromatic N) is 2. The third kappa shape index (κ3) is 2.73. The predicted octanol–water partition coefficient (Wildman–Crippen LogP) is 4.53. The highest BCUT2D eigenvalue weighted by molar-refractivity contribution is 7.19. The molecule has 100 valence electrons. The average Bonchev–Trinajstić information content (AvgIpc) is 2.88. The molecule has 1 heterocycles. The Balaban J connectivity index is 1.82. The van der Waals surface area contributed by atoms with Crippen molar-refractivity contribution in [2.24, 2.45) is 0 Å². The quantitative estimate of drug-likeness (QED) is 0.700. The molecule has 0 N–H and O–H groups in total. The van der Waals surface area contributed by atoms with Crippen LogP contribution in [0.3, 0.4) is 0 Å². The molecular formula is C17H16N2S. The van der Waals surface area contributed by atoms with Gasteiger partial charge in [-0.05, 0) is 35.9 Å². The van der Waals surface area contributed by atoms with E-state index in [4.69, 9.17) is 0 Å². The Labute approximate surface area is 123 Å². The summed E-state index contributed by atoms with van der Waals surface area (Å²) < 4.78 is 1.23. The normalized spacial score (nSPS) is 11.3. The fraction of sp³-hybridized carbons (Fsp3) is 0.118. The molecule has 0 bridgehead atoms. The van der Waals surface area contributed by atoms with Crippen molar-refractivity contribution < 1.29 is 0 Å². The Bertz CT molecular complexity index is 706. The topological polar surface area (TPSA) is 16.1 Å². The second-order valence-electron chi connectivity index (χ2n) is 4.84. The molecule has 0 fully saturated rings. The van der Waals surface area contributed by atoms with Crippen LogP contribution in [0.2, 0.25) is 0 Å². The molecule has 0 spiro atoms. The lowest BCUT2D eigenvalue weighted by molar-refractivity contribution is 1.13. The van der Waals surface area contributed by atoms with Gasteiger partial charge in [-0.3, -0.25) is 0 Å². The summed E-state index contributed by atoms with van der Waals surface area (Å²) in [7, 11) is 4.10. The first kappa shape index (κ1) is 12.9. The number of anilines is 1. The Hall–Kier alpha value is -2.13. The van der Waals surface area contributed by atoms with Gasteiger partial charge in [-0.15, -0.1) is 11.3 Å². The van der Waals surface area contributed by atoms with Gasteiger partial charge >= 0.3 is 0 Å². The Morgan fingerprint density at radius 2 is 1.70 bits per heavy atom. The fourth-order valence-electron chi connectivity index (χ4n) is 2.01. The molecular weight excluding hydrogens is 264 g/mol. The molecule has 3 rings (SSSR count). The minimum atomic E-state index is 1.04. The summed E-state index contributed by atoms with van der Waals surface area (Å²) in [6.45, 7) is 0. The van der Waals surface area contributed by atoms with Crippen LogP contribution in [0.5, 0.6) is 0 Å². The molecule has 0 atom stereocenters. The molecule has 2 nitrogen and oxygen atoms in total. The Morgan fingerprint density at radius 3 is 2.40 bits per heavy atom. The van der Waals surface area contributed by atoms with E-state index < -0.39 is 0 Å². The molecule has 3 heteroatoms. The van der Waals surface area contributed by atoms with E-state index >= 15 is 0 Å². The number of fused-ring (bicyclic) bond motifs is 1. The Morgan fingerprint density at radius 1 is 0.950 bits per heavy atom. The number of hydrogen-bond acceptors (Lipinski definition) is 3. The highest BCUT2D eigenvalue weighted by Crippen LogP contribution is 2.23. The van der Waals surface area contributed by atoms with Gasteiger partial charge in [0.1, 0.15) is 5.01 Å². The summed E-state index contributed by atoms with van der Waals surface area (Å²) in [5.74, 6) is 0. The molecule has 0 unspecified atom stereocenters. The minimum Gasteiger partial charge on any atom is -0.378 e. The van der Waals surface area contributed by atoms with Crippen LogP contribution in [0.4, 0.5) is 5.69 Å². The van der Waals surface area contributed by atoms with E-state index in [1.165, 1.54) is 16.0 Å². The van der Waals surface area contributed by atoms with Crippen LogP contribution >= 0.6 is 11.3 Å². The monoisotopic (exact) mass is 280 g/mol. The minimum absolute atomic E-state index is 1.04. The van der Waals surface area contributed by atoms with E-state index in [0.29, 0.717) is 0 Å². The zero-order chi connectivity index (χ0) is 13.9. The first-order valence-corrected chi connectivity index (χ1v) is 7.35. The maximum absolute atomic E-state index is 4.60. The zero-order valence-electron chi connectivity index (χ0n) is 11.6. The highest BCUT2D eigenvalue weighted by atomic mass is 32.1. The summed E-state index contributed by atoms with van der Waals surface area (Å²) in [5.41, 5.74) is 3.47. The lowest BCUT2D eigenvalue weighted by Crippen LogP contribution is -2.07. The van der Waals surface area contributed by atoms with Crippen LogP contribution in [-0.4, -0.2) is 19.1 Å². The van der Waals surface area contributed by atoms with Gasteiger partial charge in [-0.25, -0.2) is 4.98 Å². The standard InChI is InChI=1S/C17H16N2S/c1-19(2)14-10-7-13(8-11-14)9-12-17-18-15-5-3-4-6-16(15)20-17/h3-12H,1-2H3/b12-9+. The molecule has 0 aliphatic rings. The van der Waals surface area contributed by atoms with Crippen molar-refractivity contribution in [2.75, 3.05) is 19.0 Å². The van der Waals surface area contributed by atoms with Gasteiger partial charge in [0.2, 0.25) is 0 Å². The van der Waals surface area contributed by atoms with E-state index in [2.05, 4.69) is 58.4 Å². The second-order valence-corrected chi connectivity index (χ2v) is 5.90. The van der Waals surface area contributed by atoms with E-state index in [1.54, 1.807) is 11.3 Å². The van der Waals surface area contributed by atoms with Crippen molar-refractivity contribution in [1.29, 1.82) is 0 Å². The highest BCUT2D eigenvalue weighted by Gasteiger charge is 1.99. The summed E-state index contributed by atoms with van der Waals surface area (Å²) in [6.07, 6.45) is 4.19. The van der Waals surface area contributed by atoms with Gasteiger partial charge in [0.05, 0.1) is 10.2 Å². The third-order valence-electron chi connectivity index (χ3n) is 3.14. The molecule has 1 aromatic heterocycles. The predicted molar refractivity (Wildman–Crippen MR) is 89.3 cm³/mol. The van der Waals surface area contributed by atoms with Crippen molar-refractivity contribution in [2.45, 2.75) is 0 Å². The maximum atomic E-state index is 4.60. The number of aromatic nitrogens is 1. The van der Waals surface area contributed by atoms with E-state index in [0.717, 1.165) is 10.5 Å². The first-order valence-electron chi connectivity index (χ1n) is 6.53. The van der Waals surface area contributed by atoms with E-state index in [1.807, 2.05) is 26.2 Å². The third-order valence-corrected chi connectivity index (χ3v) is 4.14. The van der Waals surface area contributed by atoms with Gasteiger partial charge in [0.15, 0.2) is 0 Å². The summed E-state index contributed by atoms with van der Waals surface area (Å²) in [5, 5.41) is 1.04. The molecule has 3 aromatic rings. The number of benzene rings is 2. The number of hydrogen-bond donors (Lipinski definition) is 0. The molecule has 20 heavy (non-hydrogen) atoms. The SMILES string of the molecule is CN(C)c1ccc(/C=C/c2nc3ccccc3s2)cc1. The van der Waals surface area contributed by atoms with Crippen molar-refractivity contribution in [3.05, 3.63) is 59.1 Å². The largest absolute Gasteiger partial charge is 0.378 e. The zero-order valence-corrected chi connectivity index (χ0v) is 12.4. The van der Waals surface area contributed by atoms with Gasteiger partial charge in [0, 0.05) is 19.8 Å². The van der Waals surface area contributed by atoms with Crippen LogP contribution in [-0.2, 0) is 0 Å². The molecule has 0 saturated heterocycles. The first-order chi connectivity index (χ1) is 9.72. The molecule has 0 amide bonds. The number of thiazole rings is 1. The fourth-order valence-corrected chi connectivity index (χ4v) is 2.88. The van der Waals surface area contributed by atoms with Crippen molar-refractivity contribution in [3.8, 4) is 0 Å². The van der Waals surface area contributed by atoms with Gasteiger partial charge in [-0.1, -0.05) is 30.3 Å². The summed E-state index contributed by atoms with van der Waals surface area (Å²) >= 11 is 1.72. The van der Waals surface area contributed by atoms with Crippen molar-refractivity contribution >= 4 is 39.4 Å². The number of rotatable bonds is 3. The lowest BCUT2D eigenvalue weighted by Gasteiger charge is -2.11. The average molecular weight is 280 g/mol. The van der Waals surface area contributed by atoms with Crippen LogP contribution in [0.1, 0.15) is 10.6 Å². The maximum Gasteiger partial charge on any atom is 0.117 e. The molecule has 2 aromatic carbocycles. The summed E-state index contributed by atoms with van der Waals surface area (Å²) in [4.78, 5) is 6.70. The van der Waals surface area contributed by atoms with Gasteiger partial charge < -0.3 is 4.90 Å². The second kappa shape index (κ2) is 5.47. The van der Waals surface area contributed by atoms with Gasteiger partial charge in [-0.2, -0.15) is 0 Å². The smallest absolute Gasteiger partial charge is 0.117 e. The van der Waals surface area contributed by atoms with Crippen LogP contribution in [0.25, 0.3) is 22.4 Å². The van der Waals surface area contributed by atoms with Crippen LogP contribution < -0.4 is 4.90 Å². The molecule has 0 radical (unpaired) electrons. The Kier molecular flexibility index (Phi) is 3.52. The lowest BCUT2D eigenvalue weighted by atomic mass is 10.2. The van der Waals surface area contributed by atoms with E-state index in [-0.39, 0.29) is 0 Å². The van der Waals surface area contributed by atoms with Crippen LogP contribution in [0, 0.1) is 0 Å².